The van der Waals surface area contributed by atoms with Crippen LogP contribution < -0.4 is 0 Å². The first kappa shape index (κ1) is 12.4. The molecule has 0 spiro atoms. The van der Waals surface area contributed by atoms with Gasteiger partial charge in [-0.1, -0.05) is 28.1 Å². The third-order valence-corrected chi connectivity index (χ3v) is 4.38. The molecule has 0 radical (unpaired) electrons. The minimum Gasteiger partial charge on any atom is -0.320 e. The monoisotopic (exact) mass is 316 g/mol. The normalized spacial score (nSPS) is 25.6. The van der Waals surface area contributed by atoms with E-state index in [9.17, 15) is 0 Å². The Morgan fingerprint density at radius 3 is 2.84 bits per heavy atom. The average molecular weight is 317 g/mol. The van der Waals surface area contributed by atoms with Crippen molar-refractivity contribution in [1.82, 2.24) is 14.8 Å². The highest BCUT2D eigenvalue weighted by molar-refractivity contribution is 9.10. The topological polar surface area (TPSA) is 54.5 Å². The maximum atomic E-state index is 9.08. The predicted octanol–water partition coefficient (Wildman–Crippen LogP) is 2.80. The Labute approximate surface area is 120 Å². The number of hydrogen-bond donors (Lipinski definition) is 0. The highest BCUT2D eigenvalue weighted by atomic mass is 79.9. The molecule has 19 heavy (non-hydrogen) atoms. The number of aromatic nitrogens is 3. The second-order valence-electron chi connectivity index (χ2n) is 5.09. The summed E-state index contributed by atoms with van der Waals surface area (Å²) in [4.78, 5) is 0. The number of hydrogen-bond acceptors (Lipinski definition) is 3. The standard InChI is InChI=1S/C14H13BrN4/c1-19-9-17-18-13(19)14(6-10(7-14)8-16)11-3-2-4-12(15)5-11/h2-5,9-10H,6-7H2,1H3/t10-,14+. The largest absolute Gasteiger partial charge is 0.320 e. The summed E-state index contributed by atoms with van der Waals surface area (Å²) in [5, 5.41) is 17.3. The summed E-state index contributed by atoms with van der Waals surface area (Å²) in [5.41, 5.74) is 1.03. The first-order valence-corrected chi connectivity index (χ1v) is 6.95. The SMILES string of the molecule is Cn1cnnc1[C@]1(c2cccc(Br)c2)C[C@H](C#N)C1. The fourth-order valence-corrected chi connectivity index (χ4v) is 3.32. The molecule has 4 nitrogen and oxygen atoms in total. The Morgan fingerprint density at radius 1 is 1.47 bits per heavy atom. The average Bonchev–Trinajstić information content (AvgIpc) is 2.76. The van der Waals surface area contributed by atoms with E-state index in [1.165, 1.54) is 5.56 Å². The van der Waals surface area contributed by atoms with Crippen LogP contribution in [0.1, 0.15) is 24.2 Å². The number of rotatable bonds is 2. The summed E-state index contributed by atoms with van der Waals surface area (Å²) < 4.78 is 3.00. The molecule has 2 aromatic rings. The van der Waals surface area contributed by atoms with E-state index in [2.05, 4.69) is 44.3 Å². The molecular weight excluding hydrogens is 304 g/mol. The van der Waals surface area contributed by atoms with Crippen LogP contribution in [0.15, 0.2) is 35.1 Å². The van der Waals surface area contributed by atoms with E-state index < -0.39 is 0 Å². The van der Waals surface area contributed by atoms with Gasteiger partial charge in [-0.3, -0.25) is 0 Å². The molecule has 5 heteroatoms. The molecule has 0 amide bonds. The first-order valence-electron chi connectivity index (χ1n) is 6.16. The van der Waals surface area contributed by atoms with Crippen LogP contribution in [0.4, 0.5) is 0 Å². The molecule has 1 aromatic carbocycles. The fraction of sp³-hybridized carbons (Fsp3) is 0.357. The van der Waals surface area contributed by atoms with Crippen molar-refractivity contribution in [3.8, 4) is 6.07 Å². The van der Waals surface area contributed by atoms with Gasteiger partial charge >= 0.3 is 0 Å². The lowest BCUT2D eigenvalue weighted by Crippen LogP contribution is -2.43. The van der Waals surface area contributed by atoms with E-state index in [-0.39, 0.29) is 11.3 Å². The van der Waals surface area contributed by atoms with E-state index in [1.807, 2.05) is 23.7 Å². The smallest absolute Gasteiger partial charge is 0.143 e. The molecule has 1 fully saturated rings. The van der Waals surface area contributed by atoms with Crippen LogP contribution in [0, 0.1) is 17.2 Å². The Hall–Kier alpha value is -1.67. The van der Waals surface area contributed by atoms with Crippen molar-refractivity contribution in [1.29, 1.82) is 5.26 Å². The lowest BCUT2D eigenvalue weighted by Gasteiger charge is -2.44. The van der Waals surface area contributed by atoms with Crippen molar-refractivity contribution in [2.45, 2.75) is 18.3 Å². The van der Waals surface area contributed by atoms with Crippen molar-refractivity contribution < 1.29 is 0 Å². The van der Waals surface area contributed by atoms with E-state index in [4.69, 9.17) is 5.26 Å². The fourth-order valence-electron chi connectivity index (χ4n) is 2.92. The van der Waals surface area contributed by atoms with E-state index in [0.29, 0.717) is 0 Å². The molecule has 1 aliphatic carbocycles. The van der Waals surface area contributed by atoms with Crippen molar-refractivity contribution in [3.63, 3.8) is 0 Å². The molecule has 0 aliphatic heterocycles. The quantitative estimate of drug-likeness (QED) is 0.856. The number of benzene rings is 1. The van der Waals surface area contributed by atoms with Gasteiger partial charge in [0.2, 0.25) is 0 Å². The minimum absolute atomic E-state index is 0.107. The zero-order valence-corrected chi connectivity index (χ0v) is 12.1. The van der Waals surface area contributed by atoms with Crippen LogP contribution in [0.2, 0.25) is 0 Å². The molecule has 0 bridgehead atoms. The second kappa shape index (κ2) is 4.46. The maximum Gasteiger partial charge on any atom is 0.143 e. The van der Waals surface area contributed by atoms with Crippen molar-refractivity contribution in [2.24, 2.45) is 13.0 Å². The molecular formula is C14H13BrN4. The molecule has 0 unspecified atom stereocenters. The molecule has 0 N–H and O–H groups in total. The summed E-state index contributed by atoms with van der Waals surface area (Å²) in [6, 6.07) is 10.6. The van der Waals surface area contributed by atoms with E-state index in [0.717, 1.165) is 23.1 Å². The Kier molecular flexibility index (Phi) is 2.90. The van der Waals surface area contributed by atoms with Crippen LogP contribution in [0.25, 0.3) is 0 Å². The molecule has 0 atom stereocenters. The number of nitriles is 1. The van der Waals surface area contributed by atoms with Crippen LogP contribution >= 0.6 is 15.9 Å². The first-order chi connectivity index (χ1) is 9.15. The lowest BCUT2D eigenvalue weighted by atomic mass is 9.58. The molecule has 1 aromatic heterocycles. The van der Waals surface area contributed by atoms with Gasteiger partial charge in [-0.05, 0) is 30.5 Å². The summed E-state index contributed by atoms with van der Waals surface area (Å²) in [6.07, 6.45) is 3.34. The Bertz CT molecular complexity index is 649. The highest BCUT2D eigenvalue weighted by Gasteiger charge is 2.50. The van der Waals surface area contributed by atoms with Gasteiger partial charge in [-0.15, -0.1) is 10.2 Å². The maximum absolute atomic E-state index is 9.08. The predicted molar refractivity (Wildman–Crippen MR) is 74.3 cm³/mol. The molecule has 3 rings (SSSR count). The Balaban J connectivity index is 2.10. The van der Waals surface area contributed by atoms with Gasteiger partial charge in [-0.2, -0.15) is 5.26 Å². The van der Waals surface area contributed by atoms with Crippen LogP contribution in [-0.2, 0) is 12.5 Å². The van der Waals surface area contributed by atoms with Gasteiger partial charge in [0.1, 0.15) is 12.2 Å². The number of halogens is 1. The molecule has 1 heterocycles. The Morgan fingerprint density at radius 2 is 2.26 bits per heavy atom. The van der Waals surface area contributed by atoms with Gasteiger partial charge in [0.05, 0.1) is 11.5 Å². The summed E-state index contributed by atoms with van der Waals surface area (Å²) in [5.74, 6) is 1.05. The molecule has 96 valence electrons. The molecule has 1 saturated carbocycles. The third kappa shape index (κ3) is 1.87. The summed E-state index contributed by atoms with van der Waals surface area (Å²) >= 11 is 3.51. The van der Waals surface area contributed by atoms with E-state index >= 15 is 0 Å². The van der Waals surface area contributed by atoms with Crippen LogP contribution in [0.5, 0.6) is 0 Å². The second-order valence-corrected chi connectivity index (χ2v) is 6.01. The third-order valence-electron chi connectivity index (χ3n) is 3.89. The van der Waals surface area contributed by atoms with Crippen LogP contribution in [0.3, 0.4) is 0 Å². The zero-order valence-electron chi connectivity index (χ0n) is 10.5. The summed E-state index contributed by atoms with van der Waals surface area (Å²) in [7, 11) is 1.95. The minimum atomic E-state index is -0.171. The van der Waals surface area contributed by atoms with E-state index in [1.54, 1.807) is 6.33 Å². The highest BCUT2D eigenvalue weighted by Crippen LogP contribution is 2.51. The summed E-state index contributed by atoms with van der Waals surface area (Å²) in [6.45, 7) is 0. The van der Waals surface area contributed by atoms with Crippen molar-refractivity contribution >= 4 is 15.9 Å². The van der Waals surface area contributed by atoms with Gasteiger partial charge in [0.25, 0.3) is 0 Å². The molecule has 1 aliphatic rings. The number of nitrogens with zero attached hydrogens (tertiary/aromatic N) is 4. The van der Waals surface area contributed by atoms with Gasteiger partial charge < -0.3 is 4.57 Å². The van der Waals surface area contributed by atoms with Crippen molar-refractivity contribution in [3.05, 3.63) is 46.5 Å². The van der Waals surface area contributed by atoms with Crippen LogP contribution in [-0.4, -0.2) is 14.8 Å². The van der Waals surface area contributed by atoms with Crippen molar-refractivity contribution in [2.75, 3.05) is 0 Å². The zero-order chi connectivity index (χ0) is 13.5. The lowest BCUT2D eigenvalue weighted by molar-refractivity contribution is 0.215. The van der Waals surface area contributed by atoms with Gasteiger partial charge in [-0.25, -0.2) is 0 Å². The molecule has 0 saturated heterocycles. The van der Waals surface area contributed by atoms with Gasteiger partial charge in [0.15, 0.2) is 0 Å². The van der Waals surface area contributed by atoms with Gasteiger partial charge in [0, 0.05) is 17.4 Å². The number of aryl methyl sites for hydroxylation is 1.